The minimum atomic E-state index is 0.673. The Morgan fingerprint density at radius 1 is 1.32 bits per heavy atom. The van der Waals surface area contributed by atoms with Gasteiger partial charge in [-0.15, -0.1) is 0 Å². The van der Waals surface area contributed by atoms with Crippen LogP contribution in [0.1, 0.15) is 44.9 Å². The van der Waals surface area contributed by atoms with Crippen LogP contribution >= 0.6 is 0 Å². The Balaban J connectivity index is 1.55. The van der Waals surface area contributed by atoms with Crippen molar-refractivity contribution in [2.45, 2.75) is 64.2 Å². The molecule has 3 rings (SSSR count). The molecule has 0 aromatic carbocycles. The quantitative estimate of drug-likeness (QED) is 0.881. The van der Waals surface area contributed by atoms with E-state index in [9.17, 15) is 0 Å². The van der Waals surface area contributed by atoms with E-state index >= 15 is 0 Å². The summed E-state index contributed by atoms with van der Waals surface area (Å²) < 4.78 is 2.28. The molecule has 4 nitrogen and oxygen atoms in total. The lowest BCUT2D eigenvalue weighted by molar-refractivity contribution is 0.180. The SMILES string of the molecule is CCCn1ccnc1CNC1CCN2CCCCC12. The molecule has 0 amide bonds. The summed E-state index contributed by atoms with van der Waals surface area (Å²) in [5.74, 6) is 1.19. The number of hydrogen-bond donors (Lipinski definition) is 1. The van der Waals surface area contributed by atoms with Crippen LogP contribution in [0.15, 0.2) is 12.4 Å². The van der Waals surface area contributed by atoms with Crippen molar-refractivity contribution in [1.82, 2.24) is 19.8 Å². The van der Waals surface area contributed by atoms with Gasteiger partial charge in [-0.1, -0.05) is 13.3 Å². The Hall–Kier alpha value is -0.870. The van der Waals surface area contributed by atoms with E-state index in [4.69, 9.17) is 0 Å². The predicted molar refractivity (Wildman–Crippen MR) is 77.0 cm³/mol. The van der Waals surface area contributed by atoms with Crippen molar-refractivity contribution >= 4 is 0 Å². The van der Waals surface area contributed by atoms with Gasteiger partial charge in [0.2, 0.25) is 0 Å². The van der Waals surface area contributed by atoms with Crippen molar-refractivity contribution in [3.05, 3.63) is 18.2 Å². The standard InChI is InChI=1S/C15H26N4/c1-2-8-19-11-7-16-15(19)12-17-13-6-10-18-9-4-3-5-14(13)18/h7,11,13-14,17H,2-6,8-10,12H2,1H3. The van der Waals surface area contributed by atoms with Crippen LogP contribution in [-0.2, 0) is 13.1 Å². The van der Waals surface area contributed by atoms with Crippen molar-refractivity contribution < 1.29 is 0 Å². The molecule has 1 N–H and O–H groups in total. The number of rotatable bonds is 5. The van der Waals surface area contributed by atoms with Crippen LogP contribution in [0.25, 0.3) is 0 Å². The Bertz CT molecular complexity index is 401. The van der Waals surface area contributed by atoms with E-state index in [1.807, 2.05) is 6.20 Å². The zero-order chi connectivity index (χ0) is 13.1. The number of aryl methyl sites for hydroxylation is 1. The lowest BCUT2D eigenvalue weighted by Gasteiger charge is -2.32. The summed E-state index contributed by atoms with van der Waals surface area (Å²) in [6.07, 6.45) is 10.7. The van der Waals surface area contributed by atoms with Gasteiger partial charge in [0.25, 0.3) is 0 Å². The average Bonchev–Trinajstić information content (AvgIpc) is 3.04. The molecule has 1 aromatic heterocycles. The summed E-state index contributed by atoms with van der Waals surface area (Å²) >= 11 is 0. The van der Waals surface area contributed by atoms with E-state index < -0.39 is 0 Å². The number of imidazole rings is 1. The summed E-state index contributed by atoms with van der Waals surface area (Å²) in [6, 6.07) is 1.45. The van der Waals surface area contributed by atoms with Crippen LogP contribution in [0, 0.1) is 0 Å². The van der Waals surface area contributed by atoms with Crippen LogP contribution < -0.4 is 5.32 Å². The van der Waals surface area contributed by atoms with Crippen LogP contribution in [0.5, 0.6) is 0 Å². The Kier molecular flexibility index (Phi) is 4.18. The third-order valence-corrected chi connectivity index (χ3v) is 4.64. The molecule has 0 aliphatic carbocycles. The maximum absolute atomic E-state index is 4.49. The van der Waals surface area contributed by atoms with Gasteiger partial charge in [-0.05, 0) is 32.2 Å². The fraction of sp³-hybridized carbons (Fsp3) is 0.800. The summed E-state index contributed by atoms with van der Waals surface area (Å²) in [4.78, 5) is 7.17. The molecule has 0 bridgehead atoms. The summed E-state index contributed by atoms with van der Waals surface area (Å²) in [5.41, 5.74) is 0. The maximum atomic E-state index is 4.49. The lowest BCUT2D eigenvalue weighted by Crippen LogP contribution is -2.44. The smallest absolute Gasteiger partial charge is 0.122 e. The molecule has 0 spiro atoms. The van der Waals surface area contributed by atoms with E-state index in [-0.39, 0.29) is 0 Å². The first-order valence-electron chi connectivity index (χ1n) is 7.86. The average molecular weight is 262 g/mol. The van der Waals surface area contributed by atoms with Gasteiger partial charge in [-0.25, -0.2) is 4.98 Å². The largest absolute Gasteiger partial charge is 0.334 e. The number of nitrogens with one attached hydrogen (secondary N) is 1. The fourth-order valence-corrected chi connectivity index (χ4v) is 3.66. The first kappa shape index (κ1) is 13.1. The van der Waals surface area contributed by atoms with E-state index in [0.717, 1.165) is 19.1 Å². The zero-order valence-corrected chi connectivity index (χ0v) is 12.0. The Morgan fingerprint density at radius 3 is 3.16 bits per heavy atom. The molecule has 2 saturated heterocycles. The van der Waals surface area contributed by atoms with Crippen LogP contribution in [-0.4, -0.2) is 39.6 Å². The van der Waals surface area contributed by atoms with Gasteiger partial charge in [0.15, 0.2) is 0 Å². The number of fused-ring (bicyclic) bond motifs is 1. The Labute approximate surface area is 116 Å². The van der Waals surface area contributed by atoms with E-state index in [2.05, 4.69) is 32.9 Å². The van der Waals surface area contributed by atoms with Crippen molar-refractivity contribution in [2.24, 2.45) is 0 Å². The third kappa shape index (κ3) is 2.84. The van der Waals surface area contributed by atoms with E-state index in [0.29, 0.717) is 6.04 Å². The normalized spacial score (nSPS) is 27.6. The number of aromatic nitrogens is 2. The molecule has 2 fully saturated rings. The number of hydrogen-bond acceptors (Lipinski definition) is 3. The second kappa shape index (κ2) is 6.06. The highest BCUT2D eigenvalue weighted by molar-refractivity contribution is 4.97. The minimum Gasteiger partial charge on any atom is -0.334 e. The van der Waals surface area contributed by atoms with Gasteiger partial charge in [-0.3, -0.25) is 4.90 Å². The van der Waals surface area contributed by atoms with Crippen molar-refractivity contribution in [1.29, 1.82) is 0 Å². The van der Waals surface area contributed by atoms with Crippen molar-refractivity contribution in [3.63, 3.8) is 0 Å². The monoisotopic (exact) mass is 262 g/mol. The van der Waals surface area contributed by atoms with Gasteiger partial charge < -0.3 is 9.88 Å². The molecular formula is C15H26N4. The number of piperidine rings is 1. The summed E-state index contributed by atoms with van der Waals surface area (Å²) in [5, 5.41) is 3.76. The molecule has 2 atom stereocenters. The molecule has 3 heterocycles. The lowest BCUT2D eigenvalue weighted by atomic mass is 9.99. The van der Waals surface area contributed by atoms with Crippen molar-refractivity contribution in [2.75, 3.05) is 13.1 Å². The molecule has 0 radical (unpaired) electrons. The first-order valence-corrected chi connectivity index (χ1v) is 7.86. The van der Waals surface area contributed by atoms with Crippen LogP contribution in [0.2, 0.25) is 0 Å². The molecule has 2 aliphatic heterocycles. The molecule has 2 unspecified atom stereocenters. The fourth-order valence-electron chi connectivity index (χ4n) is 3.66. The zero-order valence-electron chi connectivity index (χ0n) is 12.0. The summed E-state index contributed by atoms with van der Waals surface area (Å²) in [6.45, 7) is 6.81. The maximum Gasteiger partial charge on any atom is 0.122 e. The minimum absolute atomic E-state index is 0.673. The predicted octanol–water partition coefficient (Wildman–Crippen LogP) is 2.01. The molecule has 19 heavy (non-hydrogen) atoms. The highest BCUT2D eigenvalue weighted by Gasteiger charge is 2.35. The second-order valence-electron chi connectivity index (χ2n) is 5.91. The summed E-state index contributed by atoms with van der Waals surface area (Å²) in [7, 11) is 0. The van der Waals surface area contributed by atoms with E-state index in [1.165, 1.54) is 51.0 Å². The van der Waals surface area contributed by atoms with Gasteiger partial charge in [0.1, 0.15) is 5.82 Å². The highest BCUT2D eigenvalue weighted by atomic mass is 15.2. The van der Waals surface area contributed by atoms with Crippen LogP contribution in [0.3, 0.4) is 0 Å². The van der Waals surface area contributed by atoms with Crippen LogP contribution in [0.4, 0.5) is 0 Å². The molecule has 0 saturated carbocycles. The van der Waals surface area contributed by atoms with Gasteiger partial charge in [0.05, 0.1) is 6.54 Å². The van der Waals surface area contributed by atoms with Gasteiger partial charge >= 0.3 is 0 Å². The number of nitrogens with zero attached hydrogens (tertiary/aromatic N) is 3. The molecule has 2 aliphatic rings. The van der Waals surface area contributed by atoms with E-state index in [1.54, 1.807) is 0 Å². The van der Waals surface area contributed by atoms with Gasteiger partial charge in [-0.2, -0.15) is 0 Å². The molecule has 1 aromatic rings. The molecule has 106 valence electrons. The molecular weight excluding hydrogens is 236 g/mol. The first-order chi connectivity index (χ1) is 9.38. The molecule has 4 heteroatoms. The third-order valence-electron chi connectivity index (χ3n) is 4.64. The highest BCUT2D eigenvalue weighted by Crippen LogP contribution is 2.27. The Morgan fingerprint density at radius 2 is 2.26 bits per heavy atom. The van der Waals surface area contributed by atoms with Gasteiger partial charge in [0, 0.05) is 37.6 Å². The topological polar surface area (TPSA) is 33.1 Å². The second-order valence-corrected chi connectivity index (χ2v) is 5.91. The van der Waals surface area contributed by atoms with Crippen molar-refractivity contribution in [3.8, 4) is 0 Å².